The summed E-state index contributed by atoms with van der Waals surface area (Å²) >= 11 is 0. The summed E-state index contributed by atoms with van der Waals surface area (Å²) in [7, 11) is 1.60. The van der Waals surface area contributed by atoms with Gasteiger partial charge in [-0.2, -0.15) is 0 Å². The fourth-order valence-electron chi connectivity index (χ4n) is 2.11. The lowest BCUT2D eigenvalue weighted by Gasteiger charge is -2.14. The Balaban J connectivity index is 0.00000180. The lowest BCUT2D eigenvalue weighted by atomic mass is 10.3. The van der Waals surface area contributed by atoms with Gasteiger partial charge in [-0.15, -0.1) is 12.4 Å². The highest BCUT2D eigenvalue weighted by atomic mass is 35.5. The number of methoxy groups -OCH3 is 1. The highest BCUT2D eigenvalue weighted by Crippen LogP contribution is 2.16. The average Bonchev–Trinajstić information content (AvgIpc) is 2.74. The zero-order valence-corrected chi connectivity index (χ0v) is 11.8. The van der Waals surface area contributed by atoms with Crippen LogP contribution in [0.2, 0.25) is 0 Å². The quantitative estimate of drug-likeness (QED) is 0.869. The highest BCUT2D eigenvalue weighted by Gasteiger charge is 2.20. The number of carbonyl (C=O) groups excluding carboxylic acids is 1. The smallest absolute Gasteiger partial charge is 0.238 e. The van der Waals surface area contributed by atoms with Crippen molar-refractivity contribution in [1.29, 1.82) is 0 Å². The number of anilines is 1. The van der Waals surface area contributed by atoms with E-state index in [0.717, 1.165) is 30.9 Å². The van der Waals surface area contributed by atoms with Gasteiger partial charge in [0, 0.05) is 30.9 Å². The third-order valence-electron chi connectivity index (χ3n) is 3.03. The van der Waals surface area contributed by atoms with Gasteiger partial charge in [-0.1, -0.05) is 6.07 Å². The van der Waals surface area contributed by atoms with Crippen molar-refractivity contribution in [3.05, 3.63) is 24.3 Å². The monoisotopic (exact) mass is 285 g/mol. The summed E-state index contributed by atoms with van der Waals surface area (Å²) in [6, 6.07) is 7.54. The lowest BCUT2D eigenvalue weighted by molar-refractivity contribution is -0.117. The standard InChI is InChI=1S/C13H19N3O2.ClH/c1-18-12-4-2-3-11(7-12)15-13(17)9-16-6-5-10(14)8-16;/h2-4,7,10H,5-6,8-9,14H2,1H3,(H,15,17);1H/t10-;/m1./s1. The Labute approximate surface area is 119 Å². The van der Waals surface area contributed by atoms with Gasteiger partial charge in [-0.3, -0.25) is 9.69 Å². The lowest BCUT2D eigenvalue weighted by Crippen LogP contribution is -2.33. The van der Waals surface area contributed by atoms with Gasteiger partial charge in [0.15, 0.2) is 0 Å². The molecule has 1 aromatic rings. The second-order valence-electron chi connectivity index (χ2n) is 4.56. The van der Waals surface area contributed by atoms with Crippen LogP contribution >= 0.6 is 12.4 Å². The van der Waals surface area contributed by atoms with Crippen molar-refractivity contribution in [2.24, 2.45) is 5.73 Å². The third kappa shape index (κ3) is 4.70. The minimum absolute atomic E-state index is 0. The summed E-state index contributed by atoms with van der Waals surface area (Å²) < 4.78 is 5.11. The van der Waals surface area contributed by atoms with E-state index in [4.69, 9.17) is 10.5 Å². The van der Waals surface area contributed by atoms with E-state index in [1.165, 1.54) is 0 Å². The van der Waals surface area contributed by atoms with Crippen LogP contribution in [0.15, 0.2) is 24.3 Å². The predicted molar refractivity (Wildman–Crippen MR) is 77.9 cm³/mol. The molecule has 1 aromatic carbocycles. The average molecular weight is 286 g/mol. The van der Waals surface area contributed by atoms with Crippen molar-refractivity contribution in [3.63, 3.8) is 0 Å². The zero-order chi connectivity index (χ0) is 13.0. The molecule has 0 aromatic heterocycles. The number of nitrogens with two attached hydrogens (primary N) is 1. The van der Waals surface area contributed by atoms with Gasteiger partial charge >= 0.3 is 0 Å². The van der Waals surface area contributed by atoms with Gasteiger partial charge in [0.25, 0.3) is 0 Å². The molecule has 6 heteroatoms. The number of benzene rings is 1. The first-order valence-electron chi connectivity index (χ1n) is 6.09. The molecule has 1 aliphatic heterocycles. The highest BCUT2D eigenvalue weighted by molar-refractivity contribution is 5.92. The molecule has 1 fully saturated rings. The van der Waals surface area contributed by atoms with Crippen molar-refractivity contribution in [2.75, 3.05) is 32.1 Å². The summed E-state index contributed by atoms with van der Waals surface area (Å²) in [6.45, 7) is 2.09. The summed E-state index contributed by atoms with van der Waals surface area (Å²) in [4.78, 5) is 13.9. The Morgan fingerprint density at radius 1 is 1.58 bits per heavy atom. The Morgan fingerprint density at radius 2 is 2.37 bits per heavy atom. The molecule has 1 amide bonds. The topological polar surface area (TPSA) is 67.6 Å². The Bertz CT molecular complexity index is 428. The molecule has 0 aliphatic carbocycles. The van der Waals surface area contributed by atoms with E-state index in [0.29, 0.717) is 6.54 Å². The molecule has 0 saturated carbocycles. The first kappa shape index (κ1) is 15.8. The minimum atomic E-state index is -0.0163. The number of nitrogens with zero attached hydrogens (tertiary/aromatic N) is 1. The van der Waals surface area contributed by atoms with Gasteiger partial charge in [0.05, 0.1) is 13.7 Å². The van der Waals surface area contributed by atoms with Gasteiger partial charge in [0.2, 0.25) is 5.91 Å². The number of likely N-dealkylation sites (tertiary alicyclic amines) is 1. The van der Waals surface area contributed by atoms with Crippen molar-refractivity contribution in [1.82, 2.24) is 4.90 Å². The van der Waals surface area contributed by atoms with Crippen LogP contribution in [-0.4, -0.2) is 43.6 Å². The van der Waals surface area contributed by atoms with Crippen LogP contribution in [0.3, 0.4) is 0 Å². The number of carbonyl (C=O) groups is 1. The summed E-state index contributed by atoms with van der Waals surface area (Å²) in [5.74, 6) is 0.716. The number of amides is 1. The maximum atomic E-state index is 11.8. The normalized spacial score (nSPS) is 18.7. The SMILES string of the molecule is COc1cccc(NC(=O)CN2CC[C@@H](N)C2)c1.Cl. The molecule has 0 spiro atoms. The molecule has 3 N–H and O–H groups in total. The second-order valence-corrected chi connectivity index (χ2v) is 4.56. The molecule has 1 saturated heterocycles. The zero-order valence-electron chi connectivity index (χ0n) is 11.0. The van der Waals surface area contributed by atoms with Gasteiger partial charge in [0.1, 0.15) is 5.75 Å². The van der Waals surface area contributed by atoms with Crippen LogP contribution in [0.25, 0.3) is 0 Å². The van der Waals surface area contributed by atoms with Gasteiger partial charge < -0.3 is 15.8 Å². The van der Waals surface area contributed by atoms with Crippen molar-refractivity contribution < 1.29 is 9.53 Å². The van der Waals surface area contributed by atoms with Gasteiger partial charge in [-0.05, 0) is 18.6 Å². The van der Waals surface area contributed by atoms with Crippen LogP contribution in [0.1, 0.15) is 6.42 Å². The largest absolute Gasteiger partial charge is 0.497 e. The van der Waals surface area contributed by atoms with E-state index in [-0.39, 0.29) is 24.4 Å². The summed E-state index contributed by atoms with van der Waals surface area (Å²) in [6.07, 6.45) is 0.965. The van der Waals surface area contributed by atoms with Crippen molar-refractivity contribution in [2.45, 2.75) is 12.5 Å². The number of ether oxygens (including phenoxy) is 1. The van der Waals surface area contributed by atoms with Gasteiger partial charge in [-0.25, -0.2) is 0 Å². The fraction of sp³-hybridized carbons (Fsp3) is 0.462. The molecule has 1 atom stereocenters. The molecule has 19 heavy (non-hydrogen) atoms. The molecule has 1 heterocycles. The van der Waals surface area contributed by atoms with E-state index >= 15 is 0 Å². The number of rotatable bonds is 4. The Morgan fingerprint density at radius 3 is 3.00 bits per heavy atom. The number of halogens is 1. The first-order valence-corrected chi connectivity index (χ1v) is 6.09. The fourth-order valence-corrected chi connectivity index (χ4v) is 2.11. The van der Waals surface area contributed by atoms with Crippen LogP contribution in [-0.2, 0) is 4.79 Å². The minimum Gasteiger partial charge on any atom is -0.497 e. The molecule has 0 radical (unpaired) electrons. The van der Waals surface area contributed by atoms with Crippen molar-refractivity contribution in [3.8, 4) is 5.75 Å². The Kier molecular flexibility index (Phi) is 6.08. The van der Waals surface area contributed by atoms with E-state index in [9.17, 15) is 4.79 Å². The third-order valence-corrected chi connectivity index (χ3v) is 3.03. The Hall–Kier alpha value is -1.30. The predicted octanol–water partition coefficient (Wildman–Crippen LogP) is 1.09. The summed E-state index contributed by atoms with van der Waals surface area (Å²) in [5.41, 5.74) is 6.55. The molecule has 1 aliphatic rings. The first-order chi connectivity index (χ1) is 8.67. The number of hydrogen-bond donors (Lipinski definition) is 2. The van der Waals surface area contributed by atoms with E-state index in [1.54, 1.807) is 13.2 Å². The molecule has 5 nitrogen and oxygen atoms in total. The molecular weight excluding hydrogens is 266 g/mol. The van der Waals surface area contributed by atoms with Crippen molar-refractivity contribution >= 4 is 24.0 Å². The van der Waals surface area contributed by atoms with Crippen LogP contribution in [0.4, 0.5) is 5.69 Å². The van der Waals surface area contributed by atoms with E-state index in [1.807, 2.05) is 18.2 Å². The van der Waals surface area contributed by atoms with Crippen LogP contribution in [0, 0.1) is 0 Å². The molecule has 2 rings (SSSR count). The van der Waals surface area contributed by atoms with Crippen LogP contribution in [0.5, 0.6) is 5.75 Å². The summed E-state index contributed by atoms with van der Waals surface area (Å²) in [5, 5.41) is 2.86. The number of hydrogen-bond acceptors (Lipinski definition) is 4. The molecular formula is C13H20ClN3O2. The van der Waals surface area contributed by atoms with Crippen LogP contribution < -0.4 is 15.8 Å². The second kappa shape index (κ2) is 7.33. The molecule has 0 unspecified atom stereocenters. The maximum absolute atomic E-state index is 11.8. The molecule has 106 valence electrons. The van der Waals surface area contributed by atoms with E-state index < -0.39 is 0 Å². The molecule has 0 bridgehead atoms. The maximum Gasteiger partial charge on any atom is 0.238 e. The number of nitrogens with one attached hydrogen (secondary N) is 1. The van der Waals surface area contributed by atoms with E-state index in [2.05, 4.69) is 10.2 Å².